The molecule has 2 N–H and O–H groups in total. The van der Waals surface area contributed by atoms with Gasteiger partial charge in [-0.25, -0.2) is 22.8 Å². The van der Waals surface area contributed by atoms with Gasteiger partial charge in [0.2, 0.25) is 5.95 Å². The van der Waals surface area contributed by atoms with Crippen molar-refractivity contribution in [1.29, 1.82) is 0 Å². The molecule has 0 aliphatic carbocycles. The van der Waals surface area contributed by atoms with Crippen molar-refractivity contribution < 1.29 is 49.4 Å². The highest BCUT2D eigenvalue weighted by atomic mass is 32.2. The summed E-state index contributed by atoms with van der Waals surface area (Å²) >= 11 is 0. The van der Waals surface area contributed by atoms with Gasteiger partial charge in [-0.1, -0.05) is 31.2 Å². The molecular weight excluding hydrogens is 630 g/mol. The van der Waals surface area contributed by atoms with Crippen molar-refractivity contribution in [2.75, 3.05) is 37.1 Å². The van der Waals surface area contributed by atoms with Crippen LogP contribution in [-0.4, -0.2) is 73.7 Å². The second kappa shape index (κ2) is 13.7. The SMILES string of the molecule is CCS(=O)(=O)c1ccc([C@H](CO)NC(=O)c2cnc(N3CC(c4ccc(C(F)(F)F)cc4)C[C@H]3COC(F)(F)CF)nc2)cc1. The Hall–Kier alpha value is -3.76. The molecule has 0 saturated carbocycles. The van der Waals surface area contributed by atoms with Crippen LogP contribution in [0.5, 0.6) is 0 Å². The van der Waals surface area contributed by atoms with E-state index in [1.54, 1.807) is 0 Å². The summed E-state index contributed by atoms with van der Waals surface area (Å²) in [5.74, 6) is -1.16. The Morgan fingerprint density at radius 1 is 1.07 bits per heavy atom. The molecule has 0 radical (unpaired) electrons. The molecule has 1 saturated heterocycles. The third-order valence-electron chi connectivity index (χ3n) is 7.43. The molecule has 4 rings (SSSR count). The minimum absolute atomic E-state index is 0.0161. The average Bonchev–Trinajstić information content (AvgIpc) is 3.47. The zero-order valence-corrected chi connectivity index (χ0v) is 24.7. The number of benzene rings is 2. The molecule has 1 amide bonds. The van der Waals surface area contributed by atoms with Gasteiger partial charge in [0, 0.05) is 24.9 Å². The molecule has 1 unspecified atom stereocenters. The first-order chi connectivity index (χ1) is 21.2. The number of amides is 1. The Balaban J connectivity index is 1.50. The number of aromatic nitrogens is 2. The van der Waals surface area contributed by atoms with Gasteiger partial charge in [0.1, 0.15) is 0 Å². The fourth-order valence-corrected chi connectivity index (χ4v) is 5.78. The van der Waals surface area contributed by atoms with E-state index in [1.165, 1.54) is 60.6 Å². The second-order valence-electron chi connectivity index (χ2n) is 10.4. The number of aliphatic hydroxyl groups excluding tert-OH is 1. The Bertz CT molecular complexity index is 1560. The third-order valence-corrected chi connectivity index (χ3v) is 9.18. The van der Waals surface area contributed by atoms with E-state index in [0.717, 1.165) is 12.1 Å². The lowest BCUT2D eigenvalue weighted by atomic mass is 9.95. The smallest absolute Gasteiger partial charge is 0.394 e. The summed E-state index contributed by atoms with van der Waals surface area (Å²) in [6.45, 7) is -1.56. The van der Waals surface area contributed by atoms with Gasteiger partial charge in [-0.3, -0.25) is 4.79 Å². The molecule has 1 fully saturated rings. The first-order valence-corrected chi connectivity index (χ1v) is 15.4. The molecule has 3 atom stereocenters. The molecule has 1 aliphatic rings. The van der Waals surface area contributed by atoms with Crippen LogP contribution in [0.3, 0.4) is 0 Å². The van der Waals surface area contributed by atoms with E-state index in [-0.39, 0.29) is 35.1 Å². The summed E-state index contributed by atoms with van der Waals surface area (Å²) in [7, 11) is -3.44. The van der Waals surface area contributed by atoms with Crippen LogP contribution in [0.25, 0.3) is 0 Å². The third kappa shape index (κ3) is 8.29. The minimum Gasteiger partial charge on any atom is -0.394 e. The standard InChI is InChI=1S/C29H30F6N4O5S/c1-2-45(42,43)24-9-5-19(6-10-24)25(15-40)38-26(41)21-12-36-27(37-13-21)39-14-20(11-23(39)16-44-28(31,32)17-30)18-3-7-22(8-4-18)29(33,34)35/h3-10,12-13,20,23,25,40H,2,11,14-17H2,1H3,(H,38,41)/t20?,23-,25-/m0/s1. The second-order valence-corrected chi connectivity index (χ2v) is 12.7. The molecule has 2 heterocycles. The molecule has 1 aromatic heterocycles. The zero-order chi connectivity index (χ0) is 33.0. The number of carbonyl (C=O) groups is 1. The molecule has 0 bridgehead atoms. The highest BCUT2D eigenvalue weighted by Gasteiger charge is 2.39. The summed E-state index contributed by atoms with van der Waals surface area (Å²) in [5.41, 5.74) is 0.0974. The first kappa shape index (κ1) is 34.1. The summed E-state index contributed by atoms with van der Waals surface area (Å²) in [4.78, 5) is 22.9. The number of rotatable bonds is 12. The lowest BCUT2D eigenvalue weighted by Crippen LogP contribution is -2.38. The number of ether oxygens (including phenoxy) is 1. The molecule has 0 spiro atoms. The van der Waals surface area contributed by atoms with Crippen molar-refractivity contribution in [3.63, 3.8) is 0 Å². The number of nitrogens with one attached hydrogen (secondary N) is 1. The molecule has 1 aliphatic heterocycles. The molecule has 16 heteroatoms. The highest BCUT2D eigenvalue weighted by molar-refractivity contribution is 7.91. The van der Waals surface area contributed by atoms with E-state index in [0.29, 0.717) is 11.1 Å². The van der Waals surface area contributed by atoms with Crippen molar-refractivity contribution in [2.24, 2.45) is 0 Å². The number of anilines is 1. The maximum absolute atomic E-state index is 13.6. The summed E-state index contributed by atoms with van der Waals surface area (Å²) < 4.78 is 107. The number of hydrogen-bond donors (Lipinski definition) is 2. The zero-order valence-electron chi connectivity index (χ0n) is 23.8. The van der Waals surface area contributed by atoms with Crippen LogP contribution in [0.1, 0.15) is 52.4 Å². The van der Waals surface area contributed by atoms with Gasteiger partial charge in [-0.05, 0) is 41.8 Å². The van der Waals surface area contributed by atoms with Crippen LogP contribution in [0.2, 0.25) is 0 Å². The predicted molar refractivity (Wildman–Crippen MR) is 150 cm³/mol. The topological polar surface area (TPSA) is 122 Å². The number of hydrogen-bond acceptors (Lipinski definition) is 8. The van der Waals surface area contributed by atoms with Gasteiger partial charge >= 0.3 is 12.3 Å². The Labute approximate surface area is 255 Å². The van der Waals surface area contributed by atoms with Crippen molar-refractivity contribution in [2.45, 2.75) is 48.5 Å². The van der Waals surface area contributed by atoms with Crippen molar-refractivity contribution in [1.82, 2.24) is 15.3 Å². The maximum atomic E-state index is 13.6. The Kier molecular flexibility index (Phi) is 10.4. The maximum Gasteiger partial charge on any atom is 0.416 e. The van der Waals surface area contributed by atoms with Gasteiger partial charge in [0.05, 0.1) is 47.1 Å². The molecule has 244 valence electrons. The van der Waals surface area contributed by atoms with E-state index >= 15 is 0 Å². The number of alkyl halides is 6. The van der Waals surface area contributed by atoms with E-state index in [1.807, 2.05) is 0 Å². The quantitative estimate of drug-likeness (QED) is 0.269. The van der Waals surface area contributed by atoms with E-state index in [2.05, 4.69) is 20.0 Å². The monoisotopic (exact) mass is 660 g/mol. The molecule has 9 nitrogen and oxygen atoms in total. The fraction of sp³-hybridized carbons (Fsp3) is 0.414. The Morgan fingerprint density at radius 2 is 1.69 bits per heavy atom. The van der Waals surface area contributed by atoms with Gasteiger partial charge in [0.25, 0.3) is 5.91 Å². The van der Waals surface area contributed by atoms with Gasteiger partial charge in [0.15, 0.2) is 16.5 Å². The molecule has 3 aromatic rings. The fourth-order valence-electron chi connectivity index (χ4n) is 4.90. The number of sulfone groups is 1. The number of nitrogens with zero attached hydrogens (tertiary/aromatic N) is 3. The first-order valence-electron chi connectivity index (χ1n) is 13.8. The number of aliphatic hydroxyl groups is 1. The highest BCUT2D eigenvalue weighted by Crippen LogP contribution is 2.36. The Morgan fingerprint density at radius 3 is 2.22 bits per heavy atom. The van der Waals surface area contributed by atoms with Crippen LogP contribution in [-0.2, 0) is 20.8 Å². The summed E-state index contributed by atoms with van der Waals surface area (Å²) in [5, 5.41) is 12.5. The van der Waals surface area contributed by atoms with Crippen LogP contribution in [0.4, 0.5) is 32.3 Å². The van der Waals surface area contributed by atoms with Gasteiger partial charge in [-0.15, -0.1) is 0 Å². The van der Waals surface area contributed by atoms with Gasteiger partial charge < -0.3 is 20.1 Å². The summed E-state index contributed by atoms with van der Waals surface area (Å²) in [6, 6.07) is 8.44. The molecular formula is C29H30F6N4O5S. The molecule has 2 aromatic carbocycles. The largest absolute Gasteiger partial charge is 0.416 e. The van der Waals surface area contributed by atoms with Gasteiger partial charge in [-0.2, -0.15) is 22.0 Å². The molecule has 45 heavy (non-hydrogen) atoms. The lowest BCUT2D eigenvalue weighted by molar-refractivity contribution is -0.247. The van der Waals surface area contributed by atoms with Crippen LogP contribution < -0.4 is 10.2 Å². The van der Waals surface area contributed by atoms with Crippen LogP contribution in [0.15, 0.2) is 65.8 Å². The average molecular weight is 661 g/mol. The lowest BCUT2D eigenvalue weighted by Gasteiger charge is -2.26. The van der Waals surface area contributed by atoms with E-state index < -0.39 is 71.5 Å². The summed E-state index contributed by atoms with van der Waals surface area (Å²) in [6.07, 6.45) is -6.06. The number of halogens is 6. The number of carbonyl (C=O) groups excluding carboxylic acids is 1. The van der Waals surface area contributed by atoms with Crippen molar-refractivity contribution >= 4 is 21.7 Å². The normalized spacial score (nSPS) is 18.2. The van der Waals surface area contributed by atoms with Crippen molar-refractivity contribution in [3.05, 3.63) is 83.2 Å². The predicted octanol–water partition coefficient (Wildman–Crippen LogP) is 4.69. The van der Waals surface area contributed by atoms with E-state index in [4.69, 9.17) is 0 Å². The van der Waals surface area contributed by atoms with Crippen LogP contribution >= 0.6 is 0 Å². The van der Waals surface area contributed by atoms with Crippen molar-refractivity contribution in [3.8, 4) is 0 Å². The van der Waals surface area contributed by atoms with Crippen LogP contribution in [0, 0.1) is 0 Å². The van der Waals surface area contributed by atoms with E-state index in [9.17, 15) is 44.7 Å². The minimum atomic E-state index is -4.53.